The zero-order valence-electron chi connectivity index (χ0n) is 11.7. The second kappa shape index (κ2) is 5.88. The Labute approximate surface area is 126 Å². The molecule has 22 heavy (non-hydrogen) atoms. The zero-order valence-corrected chi connectivity index (χ0v) is 11.7. The predicted molar refractivity (Wildman–Crippen MR) is 76.0 cm³/mol. The number of amides is 3. The highest BCUT2D eigenvalue weighted by atomic mass is 16.5. The Hall–Kier alpha value is -2.83. The van der Waals surface area contributed by atoms with Crippen LogP contribution in [0.1, 0.15) is 5.56 Å². The Morgan fingerprint density at radius 3 is 2.91 bits per heavy atom. The normalized spacial score (nSPS) is 16.3. The molecule has 0 saturated carbocycles. The lowest BCUT2D eigenvalue weighted by atomic mass is 10.1. The van der Waals surface area contributed by atoms with E-state index in [-0.39, 0.29) is 13.2 Å². The lowest BCUT2D eigenvalue weighted by Gasteiger charge is -2.17. The van der Waals surface area contributed by atoms with Crippen LogP contribution in [0.25, 0.3) is 6.08 Å². The van der Waals surface area contributed by atoms with Gasteiger partial charge < -0.3 is 14.8 Å². The molecule has 0 unspecified atom stereocenters. The van der Waals surface area contributed by atoms with Crippen LogP contribution in [0.4, 0.5) is 4.79 Å². The molecule has 2 aliphatic heterocycles. The number of hydrogen-bond acceptors (Lipinski definition) is 5. The van der Waals surface area contributed by atoms with E-state index in [4.69, 9.17) is 9.47 Å². The predicted octanol–water partition coefficient (Wildman–Crippen LogP) is 0.557. The average molecular weight is 302 g/mol. The number of ether oxygens (including phenoxy) is 2. The Morgan fingerprint density at radius 2 is 2.14 bits per heavy atom. The molecule has 2 aliphatic rings. The van der Waals surface area contributed by atoms with Gasteiger partial charge in [0.15, 0.2) is 6.61 Å². The van der Waals surface area contributed by atoms with Crippen LogP contribution < -0.4 is 10.1 Å². The summed E-state index contributed by atoms with van der Waals surface area (Å²) in [5.74, 6) is -0.465. The van der Waals surface area contributed by atoms with Gasteiger partial charge in [-0.2, -0.15) is 0 Å². The molecular formula is C15H14N2O5. The van der Waals surface area contributed by atoms with Gasteiger partial charge in [0.25, 0.3) is 5.91 Å². The Morgan fingerprint density at radius 1 is 1.32 bits per heavy atom. The first-order valence-electron chi connectivity index (χ1n) is 6.83. The average Bonchev–Trinajstić information content (AvgIpc) is 2.98. The molecule has 1 saturated heterocycles. The number of urea groups is 1. The summed E-state index contributed by atoms with van der Waals surface area (Å²) in [5.41, 5.74) is 1.11. The molecule has 7 nitrogen and oxygen atoms in total. The van der Waals surface area contributed by atoms with Crippen LogP contribution in [-0.4, -0.2) is 49.1 Å². The van der Waals surface area contributed by atoms with Gasteiger partial charge in [0.1, 0.15) is 12.4 Å². The van der Waals surface area contributed by atoms with E-state index < -0.39 is 24.5 Å². The lowest BCUT2D eigenvalue weighted by Crippen LogP contribution is -2.37. The third-order valence-electron chi connectivity index (χ3n) is 3.38. The summed E-state index contributed by atoms with van der Waals surface area (Å²) in [7, 11) is 0. The quantitative estimate of drug-likeness (QED) is 0.825. The Kier molecular flexibility index (Phi) is 3.78. The maximum atomic E-state index is 12.0. The van der Waals surface area contributed by atoms with Gasteiger partial charge in [-0.3, -0.25) is 9.69 Å². The van der Waals surface area contributed by atoms with Gasteiger partial charge >= 0.3 is 12.0 Å². The van der Waals surface area contributed by atoms with E-state index in [0.29, 0.717) is 17.9 Å². The van der Waals surface area contributed by atoms with Crippen LogP contribution in [0.5, 0.6) is 5.75 Å². The number of para-hydroxylation sites is 1. The summed E-state index contributed by atoms with van der Waals surface area (Å²) in [6.07, 6.45) is 1.67. The van der Waals surface area contributed by atoms with Crippen molar-refractivity contribution in [1.29, 1.82) is 0 Å². The van der Waals surface area contributed by atoms with Gasteiger partial charge in [-0.15, -0.1) is 0 Å². The van der Waals surface area contributed by atoms with Gasteiger partial charge in [0, 0.05) is 18.7 Å². The number of imide groups is 1. The van der Waals surface area contributed by atoms with Crippen LogP contribution >= 0.6 is 0 Å². The number of carbonyl (C=O) groups excluding carboxylic acids is 3. The highest BCUT2D eigenvalue weighted by Crippen LogP contribution is 2.26. The molecule has 0 atom stereocenters. The van der Waals surface area contributed by atoms with E-state index >= 15 is 0 Å². The van der Waals surface area contributed by atoms with Crippen molar-refractivity contribution in [2.45, 2.75) is 0 Å². The number of benzene rings is 1. The van der Waals surface area contributed by atoms with E-state index in [1.54, 1.807) is 6.08 Å². The van der Waals surface area contributed by atoms with Crippen molar-refractivity contribution in [3.63, 3.8) is 0 Å². The number of hydrogen-bond donors (Lipinski definition) is 1. The molecule has 0 bridgehead atoms. The van der Waals surface area contributed by atoms with E-state index in [1.165, 1.54) is 0 Å². The van der Waals surface area contributed by atoms with Crippen LogP contribution in [0.15, 0.2) is 29.8 Å². The number of fused-ring (bicyclic) bond motifs is 1. The first kappa shape index (κ1) is 14.1. The van der Waals surface area contributed by atoms with Crippen molar-refractivity contribution in [2.75, 3.05) is 26.3 Å². The standard InChI is InChI=1S/C15H14N2O5/c18-13(17-6-5-16-15(17)20)9-22-14(19)11-7-10-3-1-2-4-12(10)21-8-11/h1-4,7H,5-6,8-9H2,(H,16,20). The maximum absolute atomic E-state index is 12.0. The van der Waals surface area contributed by atoms with Gasteiger partial charge in [0.05, 0.1) is 5.57 Å². The molecule has 1 fully saturated rings. The van der Waals surface area contributed by atoms with Crippen molar-refractivity contribution >= 4 is 24.0 Å². The second-order valence-corrected chi connectivity index (χ2v) is 4.85. The van der Waals surface area contributed by atoms with E-state index in [1.807, 2.05) is 24.3 Å². The molecule has 114 valence electrons. The molecule has 1 aromatic rings. The minimum absolute atomic E-state index is 0.0915. The summed E-state index contributed by atoms with van der Waals surface area (Å²) in [6.45, 7) is 0.322. The first-order chi connectivity index (χ1) is 10.6. The number of nitrogens with one attached hydrogen (secondary N) is 1. The first-order valence-corrected chi connectivity index (χ1v) is 6.83. The molecular weight excluding hydrogens is 288 g/mol. The fraction of sp³-hybridized carbons (Fsp3) is 0.267. The molecule has 3 amide bonds. The summed E-state index contributed by atoms with van der Waals surface area (Å²) in [4.78, 5) is 36.1. The molecule has 3 rings (SSSR count). The van der Waals surface area contributed by atoms with Crippen molar-refractivity contribution < 1.29 is 23.9 Å². The van der Waals surface area contributed by atoms with Crippen LogP contribution in [0.3, 0.4) is 0 Å². The van der Waals surface area contributed by atoms with Crippen molar-refractivity contribution in [1.82, 2.24) is 10.2 Å². The van der Waals surface area contributed by atoms with E-state index in [2.05, 4.69) is 5.32 Å². The number of nitrogens with zero attached hydrogens (tertiary/aromatic N) is 1. The number of esters is 1. The number of carbonyl (C=O) groups is 3. The van der Waals surface area contributed by atoms with Crippen molar-refractivity contribution in [2.24, 2.45) is 0 Å². The number of rotatable bonds is 3. The molecule has 0 aliphatic carbocycles. The fourth-order valence-electron chi connectivity index (χ4n) is 2.24. The highest BCUT2D eigenvalue weighted by Gasteiger charge is 2.27. The lowest BCUT2D eigenvalue weighted by molar-refractivity contribution is -0.147. The summed E-state index contributed by atoms with van der Waals surface area (Å²) < 4.78 is 10.4. The second-order valence-electron chi connectivity index (χ2n) is 4.85. The van der Waals surface area contributed by atoms with Crippen LogP contribution in [0, 0.1) is 0 Å². The molecule has 1 aromatic carbocycles. The van der Waals surface area contributed by atoms with E-state index in [9.17, 15) is 14.4 Å². The Balaban J connectivity index is 1.60. The van der Waals surface area contributed by atoms with Gasteiger partial charge in [0.2, 0.25) is 0 Å². The third kappa shape index (κ3) is 2.78. The Bertz CT molecular complexity index is 668. The van der Waals surface area contributed by atoms with Crippen molar-refractivity contribution in [3.8, 4) is 5.75 Å². The van der Waals surface area contributed by atoms with Gasteiger partial charge in [-0.25, -0.2) is 9.59 Å². The fourth-order valence-corrected chi connectivity index (χ4v) is 2.24. The maximum Gasteiger partial charge on any atom is 0.338 e. The summed E-state index contributed by atoms with van der Waals surface area (Å²) >= 11 is 0. The minimum Gasteiger partial charge on any atom is -0.488 e. The monoisotopic (exact) mass is 302 g/mol. The summed E-state index contributed by atoms with van der Waals surface area (Å²) in [6, 6.07) is 6.85. The zero-order chi connectivity index (χ0) is 15.5. The highest BCUT2D eigenvalue weighted by molar-refractivity contribution is 5.99. The molecule has 0 spiro atoms. The largest absolute Gasteiger partial charge is 0.488 e. The molecule has 2 heterocycles. The topological polar surface area (TPSA) is 84.9 Å². The third-order valence-corrected chi connectivity index (χ3v) is 3.38. The van der Waals surface area contributed by atoms with Crippen LogP contribution in [-0.2, 0) is 14.3 Å². The van der Waals surface area contributed by atoms with Crippen molar-refractivity contribution in [3.05, 3.63) is 35.4 Å². The van der Waals surface area contributed by atoms with Gasteiger partial charge in [-0.1, -0.05) is 18.2 Å². The summed E-state index contributed by atoms with van der Waals surface area (Å²) in [5, 5.41) is 2.51. The molecule has 0 aromatic heterocycles. The molecule has 7 heteroatoms. The van der Waals surface area contributed by atoms with Crippen LogP contribution in [0.2, 0.25) is 0 Å². The minimum atomic E-state index is -0.623. The van der Waals surface area contributed by atoms with Gasteiger partial charge in [-0.05, 0) is 12.1 Å². The smallest absolute Gasteiger partial charge is 0.338 e. The molecule has 1 N–H and O–H groups in total. The SMILES string of the molecule is O=C(OCC(=O)N1CCNC1=O)C1=Cc2ccccc2OC1. The molecule has 0 radical (unpaired) electrons. The van der Waals surface area contributed by atoms with E-state index in [0.717, 1.165) is 10.5 Å².